The van der Waals surface area contributed by atoms with Gasteiger partial charge in [0, 0.05) is 33.2 Å². The van der Waals surface area contributed by atoms with Crippen molar-refractivity contribution < 1.29 is 9.59 Å². The molecule has 1 saturated carbocycles. The Morgan fingerprint density at radius 2 is 1.85 bits per heavy atom. The van der Waals surface area contributed by atoms with Gasteiger partial charge in [0.15, 0.2) is 0 Å². The summed E-state index contributed by atoms with van der Waals surface area (Å²) >= 11 is 0. The zero-order valence-electron chi connectivity index (χ0n) is 12.5. The van der Waals surface area contributed by atoms with E-state index < -0.39 is 5.54 Å². The topological polar surface area (TPSA) is 78.7 Å². The molecule has 0 unspecified atom stereocenters. The van der Waals surface area contributed by atoms with E-state index in [4.69, 9.17) is 5.73 Å². The second kappa shape index (κ2) is 6.10. The van der Waals surface area contributed by atoms with Crippen molar-refractivity contribution >= 4 is 11.8 Å². The minimum absolute atomic E-state index is 0.00552. The third-order valence-corrected chi connectivity index (χ3v) is 4.55. The van der Waals surface area contributed by atoms with E-state index in [1.54, 1.807) is 11.9 Å². The average Bonchev–Trinajstić information content (AvgIpc) is 2.78. The van der Waals surface area contributed by atoms with Crippen molar-refractivity contribution in [3.63, 3.8) is 0 Å². The van der Waals surface area contributed by atoms with Gasteiger partial charge in [-0.1, -0.05) is 12.8 Å². The first kappa shape index (κ1) is 15.3. The normalized spacial score (nSPS) is 27.1. The van der Waals surface area contributed by atoms with E-state index in [9.17, 15) is 9.59 Å². The summed E-state index contributed by atoms with van der Waals surface area (Å²) in [7, 11) is 3.62. The molecule has 0 spiro atoms. The Hall–Kier alpha value is -1.14. The zero-order valence-corrected chi connectivity index (χ0v) is 12.5. The van der Waals surface area contributed by atoms with Gasteiger partial charge in [0.25, 0.3) is 0 Å². The van der Waals surface area contributed by atoms with Crippen molar-refractivity contribution in [2.24, 2.45) is 11.7 Å². The van der Waals surface area contributed by atoms with Gasteiger partial charge < -0.3 is 20.9 Å². The molecule has 0 radical (unpaired) electrons. The summed E-state index contributed by atoms with van der Waals surface area (Å²) < 4.78 is 0. The van der Waals surface area contributed by atoms with E-state index in [-0.39, 0.29) is 17.7 Å². The van der Waals surface area contributed by atoms with Crippen LogP contribution in [0.5, 0.6) is 0 Å². The Kier molecular flexibility index (Phi) is 4.65. The summed E-state index contributed by atoms with van der Waals surface area (Å²) in [6.45, 7) is 2.60. The van der Waals surface area contributed by atoms with Crippen LogP contribution in [-0.2, 0) is 9.59 Å². The number of hydrogen-bond donors (Lipinski definition) is 2. The van der Waals surface area contributed by atoms with Gasteiger partial charge in [-0.05, 0) is 19.9 Å². The second-order valence-corrected chi connectivity index (χ2v) is 6.19. The van der Waals surface area contributed by atoms with Gasteiger partial charge in [-0.3, -0.25) is 9.59 Å². The highest BCUT2D eigenvalue weighted by molar-refractivity contribution is 5.87. The Bertz CT molecular complexity index is 379. The maximum atomic E-state index is 12.7. The Morgan fingerprint density at radius 3 is 2.45 bits per heavy atom. The van der Waals surface area contributed by atoms with Crippen LogP contribution in [0, 0.1) is 5.92 Å². The summed E-state index contributed by atoms with van der Waals surface area (Å²) in [6, 6.07) is 0. The fourth-order valence-corrected chi connectivity index (χ4v) is 3.26. The second-order valence-electron chi connectivity index (χ2n) is 6.19. The van der Waals surface area contributed by atoms with E-state index in [0.29, 0.717) is 19.6 Å². The average molecular weight is 282 g/mol. The van der Waals surface area contributed by atoms with Crippen LogP contribution < -0.4 is 11.1 Å². The van der Waals surface area contributed by atoms with Crippen LogP contribution in [0.15, 0.2) is 0 Å². The van der Waals surface area contributed by atoms with Crippen LogP contribution in [0.25, 0.3) is 0 Å². The van der Waals surface area contributed by atoms with Crippen molar-refractivity contribution in [2.75, 3.05) is 40.3 Å². The van der Waals surface area contributed by atoms with E-state index in [2.05, 4.69) is 10.2 Å². The van der Waals surface area contributed by atoms with E-state index in [1.807, 2.05) is 7.05 Å². The summed E-state index contributed by atoms with van der Waals surface area (Å²) in [5.74, 6) is -0.158. The van der Waals surface area contributed by atoms with Gasteiger partial charge in [0.2, 0.25) is 11.8 Å². The maximum absolute atomic E-state index is 12.7. The van der Waals surface area contributed by atoms with Gasteiger partial charge in [-0.25, -0.2) is 0 Å². The molecule has 0 aromatic carbocycles. The number of likely N-dealkylation sites (N-methyl/N-ethyl adjacent to an activating group) is 1. The van der Waals surface area contributed by atoms with Gasteiger partial charge in [0.05, 0.1) is 11.5 Å². The molecule has 1 aliphatic carbocycles. The molecule has 2 amide bonds. The number of nitrogens with zero attached hydrogens (tertiary/aromatic N) is 2. The minimum Gasteiger partial charge on any atom is -0.359 e. The van der Waals surface area contributed by atoms with Crippen molar-refractivity contribution in [3.05, 3.63) is 0 Å². The molecule has 114 valence electrons. The summed E-state index contributed by atoms with van der Waals surface area (Å²) in [4.78, 5) is 28.5. The molecule has 6 heteroatoms. The smallest absolute Gasteiger partial charge is 0.242 e. The van der Waals surface area contributed by atoms with Crippen LogP contribution >= 0.6 is 0 Å². The Balaban J connectivity index is 2.10. The molecule has 1 atom stereocenters. The van der Waals surface area contributed by atoms with E-state index in [0.717, 1.165) is 32.2 Å². The molecule has 0 aromatic heterocycles. The molecule has 6 nitrogen and oxygen atoms in total. The monoisotopic (exact) mass is 282 g/mol. The van der Waals surface area contributed by atoms with Crippen LogP contribution in [0.1, 0.15) is 25.7 Å². The van der Waals surface area contributed by atoms with E-state index in [1.165, 1.54) is 0 Å². The highest BCUT2D eigenvalue weighted by Gasteiger charge is 2.41. The number of amides is 2. The summed E-state index contributed by atoms with van der Waals surface area (Å²) in [5.41, 5.74) is 5.57. The fraction of sp³-hybridized carbons (Fsp3) is 0.857. The molecule has 2 fully saturated rings. The summed E-state index contributed by atoms with van der Waals surface area (Å²) in [5, 5.41) is 2.69. The van der Waals surface area contributed by atoms with Gasteiger partial charge in [-0.2, -0.15) is 0 Å². The molecule has 2 aliphatic rings. The highest BCUT2D eigenvalue weighted by atomic mass is 16.2. The van der Waals surface area contributed by atoms with Crippen molar-refractivity contribution in [1.82, 2.24) is 15.1 Å². The number of rotatable bonds is 2. The molecule has 0 aromatic rings. The fourth-order valence-electron chi connectivity index (χ4n) is 3.26. The molecule has 1 aliphatic heterocycles. The number of carbonyl (C=O) groups is 2. The van der Waals surface area contributed by atoms with Crippen LogP contribution in [0.3, 0.4) is 0 Å². The lowest BCUT2D eigenvalue weighted by molar-refractivity contribution is -0.138. The number of hydrogen-bond acceptors (Lipinski definition) is 4. The van der Waals surface area contributed by atoms with Gasteiger partial charge >= 0.3 is 0 Å². The molecule has 1 saturated heterocycles. The van der Waals surface area contributed by atoms with Crippen LogP contribution in [-0.4, -0.2) is 67.4 Å². The lowest BCUT2D eigenvalue weighted by atomic mass is 9.96. The number of nitrogens with two attached hydrogens (primary N) is 1. The molecule has 20 heavy (non-hydrogen) atoms. The summed E-state index contributed by atoms with van der Waals surface area (Å²) in [6.07, 6.45) is 3.58. The van der Waals surface area contributed by atoms with Crippen molar-refractivity contribution in [3.8, 4) is 0 Å². The third kappa shape index (κ3) is 3.12. The Labute approximate surface area is 120 Å². The van der Waals surface area contributed by atoms with Gasteiger partial charge in [0.1, 0.15) is 0 Å². The molecule has 3 N–H and O–H groups in total. The zero-order chi connectivity index (χ0) is 14.8. The quantitative estimate of drug-likeness (QED) is 0.708. The lowest BCUT2D eigenvalue weighted by Gasteiger charge is -2.31. The molecular weight excluding hydrogens is 256 g/mol. The first-order valence-corrected chi connectivity index (χ1v) is 7.44. The highest BCUT2D eigenvalue weighted by Crippen LogP contribution is 2.29. The molecular formula is C14H26N4O2. The number of nitrogens with one attached hydrogen (secondary N) is 1. The largest absolute Gasteiger partial charge is 0.359 e. The lowest BCUT2D eigenvalue weighted by Crippen LogP contribution is -2.55. The first-order chi connectivity index (χ1) is 9.46. The molecule has 2 rings (SSSR count). The molecule has 0 bridgehead atoms. The standard InChI is InChI=1S/C14H26N4O2/c1-16-12(19)11-9-17(2)7-8-18(10-11)13(20)14(15)5-3-4-6-14/h11H,3-10,15H2,1-2H3,(H,16,19)/t11-/m0/s1. The van der Waals surface area contributed by atoms with Gasteiger partial charge in [-0.15, -0.1) is 0 Å². The van der Waals surface area contributed by atoms with E-state index >= 15 is 0 Å². The first-order valence-electron chi connectivity index (χ1n) is 7.44. The maximum Gasteiger partial charge on any atom is 0.242 e. The molecule has 1 heterocycles. The number of carbonyl (C=O) groups excluding carboxylic acids is 2. The van der Waals surface area contributed by atoms with Crippen molar-refractivity contribution in [1.29, 1.82) is 0 Å². The Morgan fingerprint density at radius 1 is 1.20 bits per heavy atom. The van der Waals surface area contributed by atoms with Crippen molar-refractivity contribution in [2.45, 2.75) is 31.2 Å². The predicted molar refractivity (Wildman–Crippen MR) is 77.0 cm³/mol. The van der Waals surface area contributed by atoms with Crippen LogP contribution in [0.4, 0.5) is 0 Å². The third-order valence-electron chi connectivity index (χ3n) is 4.55. The predicted octanol–water partition coefficient (Wildman–Crippen LogP) is -0.606. The SMILES string of the molecule is CNC(=O)[C@H]1CN(C)CCN(C(=O)C2(N)CCCC2)C1. The minimum atomic E-state index is -0.698. The van der Waals surface area contributed by atoms with Crippen LogP contribution in [0.2, 0.25) is 0 Å².